The first-order chi connectivity index (χ1) is 7.84. The van der Waals surface area contributed by atoms with Gasteiger partial charge in [0, 0.05) is 0 Å². The van der Waals surface area contributed by atoms with E-state index in [9.17, 15) is 5.11 Å². The molecule has 0 heterocycles. The first-order valence-corrected chi connectivity index (χ1v) is 6.33. The zero-order valence-corrected chi connectivity index (χ0v) is 11.4. The Morgan fingerprint density at radius 3 is 2.06 bits per heavy atom. The maximum atomic E-state index is 9.44. The fourth-order valence-corrected chi connectivity index (χ4v) is 2.04. The molecule has 1 rings (SSSR count). The van der Waals surface area contributed by atoms with Crippen molar-refractivity contribution in [3.63, 3.8) is 0 Å². The molecule has 1 aromatic rings. The number of aliphatic hydroxyl groups is 1. The molecule has 0 aliphatic rings. The topological polar surface area (TPSA) is 46.2 Å². The smallest absolute Gasteiger partial charge is 0.0518 e. The van der Waals surface area contributed by atoms with Crippen LogP contribution in [0.25, 0.3) is 0 Å². The van der Waals surface area contributed by atoms with Gasteiger partial charge in [-0.15, -0.1) is 0 Å². The molecule has 0 bridgehead atoms. The molecule has 2 unspecified atom stereocenters. The average molecular weight is 235 g/mol. The van der Waals surface area contributed by atoms with Crippen LogP contribution in [-0.2, 0) is 5.41 Å². The van der Waals surface area contributed by atoms with Gasteiger partial charge in [0.1, 0.15) is 0 Å². The first kappa shape index (κ1) is 14.2. The highest BCUT2D eigenvalue weighted by atomic mass is 16.3. The van der Waals surface area contributed by atoms with E-state index in [4.69, 9.17) is 5.73 Å². The monoisotopic (exact) mass is 235 g/mol. The van der Waals surface area contributed by atoms with Crippen molar-refractivity contribution in [3.05, 3.63) is 35.4 Å². The molecular formula is C15H25NO. The van der Waals surface area contributed by atoms with E-state index in [0.29, 0.717) is 6.54 Å². The standard InChI is InChI=1S/C15H25NO/c1-11(17)9-13(10-16)12-5-7-14(8-6-12)15(2,3)4/h5-8,11,13,17H,9-10,16H2,1-4H3. The summed E-state index contributed by atoms with van der Waals surface area (Å²) in [5, 5.41) is 9.44. The van der Waals surface area contributed by atoms with Gasteiger partial charge in [0.25, 0.3) is 0 Å². The minimum absolute atomic E-state index is 0.182. The van der Waals surface area contributed by atoms with Crippen LogP contribution in [0.1, 0.15) is 51.2 Å². The zero-order valence-electron chi connectivity index (χ0n) is 11.4. The molecule has 2 heteroatoms. The van der Waals surface area contributed by atoms with Crippen molar-refractivity contribution >= 4 is 0 Å². The molecule has 3 N–H and O–H groups in total. The minimum atomic E-state index is -0.300. The van der Waals surface area contributed by atoms with Gasteiger partial charge >= 0.3 is 0 Å². The summed E-state index contributed by atoms with van der Waals surface area (Å²) in [5.74, 6) is 0.254. The van der Waals surface area contributed by atoms with Crippen LogP contribution in [0.3, 0.4) is 0 Å². The van der Waals surface area contributed by atoms with Crippen molar-refractivity contribution in [2.75, 3.05) is 6.54 Å². The van der Waals surface area contributed by atoms with Gasteiger partial charge in [-0.1, -0.05) is 45.0 Å². The lowest BCUT2D eigenvalue weighted by molar-refractivity contribution is 0.175. The SMILES string of the molecule is CC(O)CC(CN)c1ccc(C(C)(C)C)cc1. The van der Waals surface area contributed by atoms with Gasteiger partial charge in [-0.3, -0.25) is 0 Å². The molecule has 0 aliphatic carbocycles. The third-order valence-electron chi connectivity index (χ3n) is 3.16. The zero-order chi connectivity index (χ0) is 13.1. The summed E-state index contributed by atoms with van der Waals surface area (Å²) < 4.78 is 0. The predicted octanol–water partition coefficient (Wildman–Crippen LogP) is 2.80. The molecule has 0 saturated heterocycles. The van der Waals surface area contributed by atoms with Crippen LogP contribution in [0.2, 0.25) is 0 Å². The lowest BCUT2D eigenvalue weighted by atomic mass is 9.85. The number of hydrogen-bond donors (Lipinski definition) is 2. The molecule has 2 nitrogen and oxygen atoms in total. The highest BCUT2D eigenvalue weighted by molar-refractivity contribution is 5.29. The highest BCUT2D eigenvalue weighted by Gasteiger charge is 2.16. The maximum Gasteiger partial charge on any atom is 0.0518 e. The summed E-state index contributed by atoms with van der Waals surface area (Å²) >= 11 is 0. The number of rotatable bonds is 4. The molecule has 96 valence electrons. The molecule has 1 aromatic carbocycles. The normalized spacial score (nSPS) is 15.6. The van der Waals surface area contributed by atoms with Gasteiger partial charge in [-0.25, -0.2) is 0 Å². The number of benzene rings is 1. The Hall–Kier alpha value is -0.860. The molecular weight excluding hydrogens is 210 g/mol. The van der Waals surface area contributed by atoms with E-state index in [2.05, 4.69) is 45.0 Å². The Kier molecular flexibility index (Phi) is 4.72. The van der Waals surface area contributed by atoms with E-state index < -0.39 is 0 Å². The second-order valence-corrected chi connectivity index (χ2v) is 5.89. The Morgan fingerprint density at radius 2 is 1.71 bits per heavy atom. The Bertz CT molecular complexity index is 335. The quantitative estimate of drug-likeness (QED) is 0.843. The number of aliphatic hydroxyl groups excluding tert-OH is 1. The molecule has 0 spiro atoms. The molecule has 0 amide bonds. The van der Waals surface area contributed by atoms with Crippen molar-refractivity contribution in [1.29, 1.82) is 0 Å². The van der Waals surface area contributed by atoms with E-state index in [1.165, 1.54) is 11.1 Å². The van der Waals surface area contributed by atoms with Gasteiger partial charge in [-0.05, 0) is 42.3 Å². The summed E-state index contributed by atoms with van der Waals surface area (Å²) in [6.45, 7) is 9.01. The summed E-state index contributed by atoms with van der Waals surface area (Å²) in [7, 11) is 0. The average Bonchev–Trinajstić information content (AvgIpc) is 2.24. The van der Waals surface area contributed by atoms with E-state index in [1.54, 1.807) is 0 Å². The van der Waals surface area contributed by atoms with Crippen LogP contribution in [0.5, 0.6) is 0 Å². The summed E-state index contributed by atoms with van der Waals surface area (Å²) in [5.41, 5.74) is 8.50. The lowest BCUT2D eigenvalue weighted by Crippen LogP contribution is -2.18. The fourth-order valence-electron chi connectivity index (χ4n) is 2.04. The minimum Gasteiger partial charge on any atom is -0.393 e. The van der Waals surface area contributed by atoms with Crippen molar-refractivity contribution in [3.8, 4) is 0 Å². The summed E-state index contributed by atoms with van der Waals surface area (Å²) in [6.07, 6.45) is 0.427. The fraction of sp³-hybridized carbons (Fsp3) is 0.600. The van der Waals surface area contributed by atoms with Crippen LogP contribution in [0.15, 0.2) is 24.3 Å². The largest absolute Gasteiger partial charge is 0.393 e. The Labute approximate surface area is 105 Å². The molecule has 2 atom stereocenters. The Morgan fingerprint density at radius 1 is 1.18 bits per heavy atom. The van der Waals surface area contributed by atoms with Crippen LogP contribution >= 0.6 is 0 Å². The summed E-state index contributed by atoms with van der Waals surface area (Å²) in [4.78, 5) is 0. The van der Waals surface area contributed by atoms with E-state index >= 15 is 0 Å². The van der Waals surface area contributed by atoms with Crippen LogP contribution in [0.4, 0.5) is 0 Å². The van der Waals surface area contributed by atoms with Crippen molar-refractivity contribution < 1.29 is 5.11 Å². The molecule has 0 aromatic heterocycles. The predicted molar refractivity (Wildman–Crippen MR) is 73.2 cm³/mol. The van der Waals surface area contributed by atoms with E-state index in [-0.39, 0.29) is 17.4 Å². The van der Waals surface area contributed by atoms with Crippen LogP contribution in [0, 0.1) is 0 Å². The number of hydrogen-bond acceptors (Lipinski definition) is 2. The van der Waals surface area contributed by atoms with Gasteiger partial charge in [-0.2, -0.15) is 0 Å². The Balaban J connectivity index is 2.85. The van der Waals surface area contributed by atoms with Gasteiger partial charge in [0.05, 0.1) is 6.10 Å². The second kappa shape index (κ2) is 5.65. The van der Waals surface area contributed by atoms with E-state index in [1.807, 2.05) is 6.92 Å². The third kappa shape index (κ3) is 4.14. The first-order valence-electron chi connectivity index (χ1n) is 6.33. The second-order valence-electron chi connectivity index (χ2n) is 5.89. The molecule has 0 aliphatic heterocycles. The molecule has 0 radical (unpaired) electrons. The van der Waals surface area contributed by atoms with Gasteiger partial charge in [0.2, 0.25) is 0 Å². The van der Waals surface area contributed by atoms with Gasteiger partial charge < -0.3 is 10.8 Å². The molecule has 17 heavy (non-hydrogen) atoms. The third-order valence-corrected chi connectivity index (χ3v) is 3.16. The highest BCUT2D eigenvalue weighted by Crippen LogP contribution is 2.26. The number of nitrogens with two attached hydrogens (primary N) is 1. The van der Waals surface area contributed by atoms with E-state index in [0.717, 1.165) is 6.42 Å². The lowest BCUT2D eigenvalue weighted by Gasteiger charge is -2.21. The van der Waals surface area contributed by atoms with Crippen molar-refractivity contribution in [2.24, 2.45) is 5.73 Å². The van der Waals surface area contributed by atoms with Crippen LogP contribution < -0.4 is 5.73 Å². The van der Waals surface area contributed by atoms with Crippen molar-refractivity contribution in [2.45, 2.75) is 51.6 Å². The van der Waals surface area contributed by atoms with Crippen LogP contribution in [-0.4, -0.2) is 17.8 Å². The molecule has 0 fully saturated rings. The van der Waals surface area contributed by atoms with Gasteiger partial charge in [0.15, 0.2) is 0 Å². The summed E-state index contributed by atoms with van der Waals surface area (Å²) in [6, 6.07) is 8.61. The molecule has 0 saturated carbocycles. The maximum absolute atomic E-state index is 9.44. The van der Waals surface area contributed by atoms with Crippen molar-refractivity contribution in [1.82, 2.24) is 0 Å².